The second kappa shape index (κ2) is 7.08. The van der Waals surface area contributed by atoms with E-state index in [0.29, 0.717) is 26.0 Å². The lowest BCUT2D eigenvalue weighted by Gasteiger charge is -2.14. The highest BCUT2D eigenvalue weighted by Crippen LogP contribution is 2.37. The number of ether oxygens (including phenoxy) is 1. The third-order valence-corrected chi connectivity index (χ3v) is 4.87. The smallest absolute Gasteiger partial charge is 0.337 e. The Morgan fingerprint density at radius 3 is 2.52 bits per heavy atom. The van der Waals surface area contributed by atoms with Crippen LogP contribution in [-0.4, -0.2) is 28.4 Å². The predicted octanol–water partition coefficient (Wildman–Crippen LogP) is 3.58. The third kappa shape index (κ3) is 3.42. The zero-order valence-corrected chi connectivity index (χ0v) is 14.8. The Hall–Kier alpha value is -2.64. The van der Waals surface area contributed by atoms with Crippen LogP contribution in [0.1, 0.15) is 15.9 Å². The van der Waals surface area contributed by atoms with Crippen molar-refractivity contribution in [2.45, 2.75) is 0 Å². The first-order chi connectivity index (χ1) is 12.0. The van der Waals surface area contributed by atoms with E-state index in [0.717, 1.165) is 11.8 Å². The van der Waals surface area contributed by atoms with Crippen molar-refractivity contribution in [1.82, 2.24) is 0 Å². The molecular formula is C18H13NO4S2. The number of benzene rings is 2. The second-order valence-electron chi connectivity index (χ2n) is 5.11. The van der Waals surface area contributed by atoms with Gasteiger partial charge in [-0.25, -0.2) is 4.79 Å². The fourth-order valence-electron chi connectivity index (χ4n) is 2.31. The largest absolute Gasteiger partial charge is 0.507 e. The van der Waals surface area contributed by atoms with Gasteiger partial charge in [0.05, 0.1) is 23.3 Å². The van der Waals surface area contributed by atoms with Crippen LogP contribution in [0.3, 0.4) is 0 Å². The van der Waals surface area contributed by atoms with Gasteiger partial charge in [-0.15, -0.1) is 0 Å². The van der Waals surface area contributed by atoms with Crippen LogP contribution >= 0.6 is 24.0 Å². The number of anilines is 1. The molecule has 5 nitrogen and oxygen atoms in total. The van der Waals surface area contributed by atoms with Crippen LogP contribution in [0, 0.1) is 0 Å². The lowest BCUT2D eigenvalue weighted by Crippen LogP contribution is -2.27. The van der Waals surface area contributed by atoms with Gasteiger partial charge in [0.15, 0.2) is 4.32 Å². The lowest BCUT2D eigenvalue weighted by molar-refractivity contribution is -0.113. The van der Waals surface area contributed by atoms with E-state index >= 15 is 0 Å². The van der Waals surface area contributed by atoms with Crippen LogP contribution in [0.25, 0.3) is 6.08 Å². The summed E-state index contributed by atoms with van der Waals surface area (Å²) >= 11 is 6.47. The Morgan fingerprint density at radius 1 is 1.20 bits per heavy atom. The molecule has 0 saturated carbocycles. The molecule has 126 valence electrons. The van der Waals surface area contributed by atoms with Crippen LogP contribution in [0.15, 0.2) is 53.4 Å². The minimum absolute atomic E-state index is 0.0928. The van der Waals surface area contributed by atoms with E-state index < -0.39 is 5.97 Å². The zero-order chi connectivity index (χ0) is 18.0. The second-order valence-corrected chi connectivity index (χ2v) is 6.79. The SMILES string of the molecule is COC(=O)c1ccc(N2C(=O)/C(=C/c3ccccc3O)SC2=S)cc1. The molecule has 1 fully saturated rings. The number of para-hydroxylation sites is 1. The van der Waals surface area contributed by atoms with Gasteiger partial charge in [-0.05, 0) is 36.4 Å². The summed E-state index contributed by atoms with van der Waals surface area (Å²) < 4.78 is 5.04. The molecule has 1 aliphatic rings. The lowest BCUT2D eigenvalue weighted by atomic mass is 10.1. The number of phenols is 1. The van der Waals surface area contributed by atoms with Gasteiger partial charge in [0.25, 0.3) is 5.91 Å². The Bertz CT molecular complexity index is 890. The van der Waals surface area contributed by atoms with Crippen molar-refractivity contribution in [3.8, 4) is 5.75 Å². The highest BCUT2D eigenvalue weighted by Gasteiger charge is 2.33. The summed E-state index contributed by atoms with van der Waals surface area (Å²) in [5.41, 5.74) is 1.50. The van der Waals surface area contributed by atoms with Crippen molar-refractivity contribution >= 4 is 51.9 Å². The van der Waals surface area contributed by atoms with Crippen molar-refractivity contribution in [2.75, 3.05) is 12.0 Å². The zero-order valence-electron chi connectivity index (χ0n) is 13.1. The first-order valence-electron chi connectivity index (χ1n) is 7.25. The summed E-state index contributed by atoms with van der Waals surface area (Å²) in [6.07, 6.45) is 1.61. The molecule has 0 aliphatic carbocycles. The Labute approximate surface area is 153 Å². The van der Waals surface area contributed by atoms with Crippen molar-refractivity contribution in [3.05, 3.63) is 64.6 Å². The molecule has 1 N–H and O–H groups in total. The number of hydrogen-bond acceptors (Lipinski definition) is 6. The topological polar surface area (TPSA) is 66.8 Å². The summed E-state index contributed by atoms with van der Waals surface area (Å²) in [4.78, 5) is 26.0. The number of carbonyl (C=O) groups is 2. The number of thioether (sulfide) groups is 1. The van der Waals surface area contributed by atoms with Crippen LogP contribution in [0.2, 0.25) is 0 Å². The predicted molar refractivity (Wildman–Crippen MR) is 102 cm³/mol. The minimum Gasteiger partial charge on any atom is -0.507 e. The van der Waals surface area contributed by atoms with Gasteiger partial charge in [-0.3, -0.25) is 9.69 Å². The number of nitrogens with zero attached hydrogens (tertiary/aromatic N) is 1. The Morgan fingerprint density at radius 2 is 1.88 bits per heavy atom. The van der Waals surface area contributed by atoms with Gasteiger partial charge in [-0.2, -0.15) is 0 Å². The van der Waals surface area contributed by atoms with Gasteiger partial charge < -0.3 is 9.84 Å². The van der Waals surface area contributed by atoms with E-state index in [2.05, 4.69) is 4.74 Å². The molecule has 0 aromatic heterocycles. The summed E-state index contributed by atoms with van der Waals surface area (Å²) in [7, 11) is 1.31. The molecule has 1 heterocycles. The monoisotopic (exact) mass is 371 g/mol. The maximum atomic E-state index is 12.7. The number of thiocarbonyl (C=S) groups is 1. The van der Waals surface area contributed by atoms with Gasteiger partial charge in [0.2, 0.25) is 0 Å². The van der Waals surface area contributed by atoms with Gasteiger partial charge in [0, 0.05) is 5.56 Å². The molecule has 0 atom stereocenters. The number of hydrogen-bond donors (Lipinski definition) is 1. The molecule has 25 heavy (non-hydrogen) atoms. The first kappa shape index (κ1) is 17.2. The van der Waals surface area contributed by atoms with Crippen molar-refractivity contribution in [1.29, 1.82) is 0 Å². The number of rotatable bonds is 3. The van der Waals surface area contributed by atoms with E-state index in [1.807, 2.05) is 0 Å². The van der Waals surface area contributed by atoms with Gasteiger partial charge >= 0.3 is 5.97 Å². The number of methoxy groups -OCH3 is 1. The average Bonchev–Trinajstić information content (AvgIpc) is 2.90. The maximum absolute atomic E-state index is 12.7. The van der Waals surface area contributed by atoms with E-state index in [1.54, 1.807) is 54.6 Å². The van der Waals surface area contributed by atoms with Crippen LogP contribution in [-0.2, 0) is 9.53 Å². The van der Waals surface area contributed by atoms with E-state index in [-0.39, 0.29) is 11.7 Å². The summed E-state index contributed by atoms with van der Waals surface area (Å²) in [6, 6.07) is 13.2. The summed E-state index contributed by atoms with van der Waals surface area (Å²) in [5, 5.41) is 9.86. The first-order valence-corrected chi connectivity index (χ1v) is 8.48. The molecular weight excluding hydrogens is 358 g/mol. The molecule has 0 spiro atoms. The van der Waals surface area contributed by atoms with Crippen LogP contribution in [0.5, 0.6) is 5.75 Å². The normalized spacial score (nSPS) is 15.7. The quantitative estimate of drug-likeness (QED) is 0.505. The number of aromatic hydroxyl groups is 1. The number of carbonyl (C=O) groups excluding carboxylic acids is 2. The fraction of sp³-hybridized carbons (Fsp3) is 0.0556. The molecule has 0 bridgehead atoms. The molecule has 1 aliphatic heterocycles. The Kier molecular flexibility index (Phi) is 4.87. The highest BCUT2D eigenvalue weighted by molar-refractivity contribution is 8.27. The molecule has 0 radical (unpaired) electrons. The summed E-state index contributed by atoms with van der Waals surface area (Å²) in [6.45, 7) is 0. The van der Waals surface area contributed by atoms with Gasteiger partial charge in [-0.1, -0.05) is 42.2 Å². The van der Waals surface area contributed by atoms with Crippen LogP contribution in [0.4, 0.5) is 5.69 Å². The van der Waals surface area contributed by atoms with Crippen molar-refractivity contribution in [2.24, 2.45) is 0 Å². The molecule has 1 amide bonds. The highest BCUT2D eigenvalue weighted by atomic mass is 32.2. The van der Waals surface area contributed by atoms with Crippen LogP contribution < -0.4 is 4.90 Å². The molecule has 2 aromatic carbocycles. The maximum Gasteiger partial charge on any atom is 0.337 e. The number of phenolic OH excluding ortho intramolecular Hbond substituents is 1. The summed E-state index contributed by atoms with van der Waals surface area (Å²) in [5.74, 6) is -0.629. The molecule has 1 saturated heterocycles. The fourth-order valence-corrected chi connectivity index (χ4v) is 3.60. The molecule has 3 rings (SSSR count). The molecule has 0 unspecified atom stereocenters. The van der Waals surface area contributed by atoms with Crippen molar-refractivity contribution < 1.29 is 19.4 Å². The average molecular weight is 371 g/mol. The molecule has 2 aromatic rings. The van der Waals surface area contributed by atoms with E-state index in [4.69, 9.17) is 12.2 Å². The van der Waals surface area contributed by atoms with E-state index in [1.165, 1.54) is 12.0 Å². The number of esters is 1. The van der Waals surface area contributed by atoms with E-state index in [9.17, 15) is 14.7 Å². The number of amides is 1. The van der Waals surface area contributed by atoms with Crippen molar-refractivity contribution in [3.63, 3.8) is 0 Å². The minimum atomic E-state index is -0.448. The third-order valence-electron chi connectivity index (χ3n) is 3.56. The molecule has 7 heteroatoms. The standard InChI is InChI=1S/C18H13NO4S2/c1-23-17(22)11-6-8-13(9-7-11)19-16(21)15(25-18(19)24)10-12-4-2-3-5-14(12)20/h2-10,20H,1H3/b15-10-. The van der Waals surface area contributed by atoms with Gasteiger partial charge in [0.1, 0.15) is 5.75 Å². The Balaban J connectivity index is 1.89.